The summed E-state index contributed by atoms with van der Waals surface area (Å²) >= 11 is 0. The molecule has 2 amide bonds. The van der Waals surface area contributed by atoms with Crippen molar-refractivity contribution in [3.63, 3.8) is 0 Å². The minimum atomic E-state index is -1.48. The topological polar surface area (TPSA) is 121 Å². The van der Waals surface area contributed by atoms with Gasteiger partial charge in [-0.2, -0.15) is 5.06 Å². The Morgan fingerprint density at radius 3 is 2.26 bits per heavy atom. The van der Waals surface area contributed by atoms with Crippen molar-refractivity contribution in [3.8, 4) is 11.5 Å². The van der Waals surface area contributed by atoms with E-state index < -0.39 is 46.8 Å². The van der Waals surface area contributed by atoms with Gasteiger partial charge in [0.25, 0.3) is 11.8 Å². The Balaban J connectivity index is 1.56. The van der Waals surface area contributed by atoms with Crippen molar-refractivity contribution in [2.45, 2.75) is 24.2 Å². The number of fused-ring (bicyclic) bond motifs is 4. The molecular weight excluding hydrogens is 546 g/mol. The van der Waals surface area contributed by atoms with Crippen molar-refractivity contribution >= 4 is 29.0 Å². The van der Waals surface area contributed by atoms with Gasteiger partial charge in [-0.25, -0.2) is 0 Å². The normalized spacial score (nSPS) is 29.8. The summed E-state index contributed by atoms with van der Waals surface area (Å²) in [4.78, 5) is 55.9. The quantitative estimate of drug-likeness (QED) is 0.265. The number of carbonyl (C=O) groups is 4. The number of phenols is 1. The maximum Gasteiger partial charge on any atom is 0.257 e. The first-order valence-electron chi connectivity index (χ1n) is 14.3. The number of imide groups is 1. The summed E-state index contributed by atoms with van der Waals surface area (Å²) in [5.41, 5.74) is 1.02. The van der Waals surface area contributed by atoms with Crippen LogP contribution in [-0.4, -0.2) is 45.9 Å². The van der Waals surface area contributed by atoms with Gasteiger partial charge in [-0.3, -0.25) is 24.4 Å². The number of rotatable bonds is 4. The molecule has 0 spiro atoms. The van der Waals surface area contributed by atoms with Gasteiger partial charge >= 0.3 is 0 Å². The molecule has 7 rings (SSSR count). The van der Waals surface area contributed by atoms with E-state index in [1.54, 1.807) is 36.4 Å². The molecule has 1 saturated heterocycles. The van der Waals surface area contributed by atoms with Crippen molar-refractivity contribution < 1.29 is 34.2 Å². The van der Waals surface area contributed by atoms with E-state index in [0.717, 1.165) is 0 Å². The fourth-order valence-corrected chi connectivity index (χ4v) is 8.17. The number of carbonyl (C=O) groups excluding carboxylic acids is 4. The second-order valence-electron chi connectivity index (χ2n) is 11.7. The Hall–Kier alpha value is -4.82. The van der Waals surface area contributed by atoms with Crippen molar-refractivity contribution in [2.75, 3.05) is 7.11 Å². The molecule has 0 radical (unpaired) electrons. The highest BCUT2D eigenvalue weighted by Gasteiger charge is 2.66. The summed E-state index contributed by atoms with van der Waals surface area (Å²) < 4.78 is 5.75. The Bertz CT molecular complexity index is 1740. The van der Waals surface area contributed by atoms with Crippen LogP contribution in [0.1, 0.15) is 35.4 Å². The van der Waals surface area contributed by atoms with E-state index in [0.29, 0.717) is 28.0 Å². The van der Waals surface area contributed by atoms with E-state index in [-0.39, 0.29) is 40.8 Å². The summed E-state index contributed by atoms with van der Waals surface area (Å²) in [6.07, 6.45) is 3.57. The van der Waals surface area contributed by atoms with E-state index in [2.05, 4.69) is 0 Å². The average molecular weight is 576 g/mol. The summed E-state index contributed by atoms with van der Waals surface area (Å²) in [5, 5.41) is 22.0. The van der Waals surface area contributed by atoms with Gasteiger partial charge in [-0.15, -0.1) is 0 Å². The first-order valence-corrected chi connectivity index (χ1v) is 14.3. The third kappa shape index (κ3) is 3.66. The maximum absolute atomic E-state index is 14.9. The zero-order chi connectivity index (χ0) is 30.0. The minimum absolute atomic E-state index is 0.107. The molecule has 4 aliphatic rings. The van der Waals surface area contributed by atoms with Crippen LogP contribution in [0, 0.1) is 23.7 Å². The minimum Gasteiger partial charge on any atom is -0.508 e. The van der Waals surface area contributed by atoms with Gasteiger partial charge in [-0.05, 0) is 48.1 Å². The number of amides is 2. The van der Waals surface area contributed by atoms with Gasteiger partial charge in [-0.1, -0.05) is 78.4 Å². The van der Waals surface area contributed by atoms with Crippen LogP contribution >= 0.6 is 0 Å². The van der Waals surface area contributed by atoms with E-state index in [1.807, 2.05) is 42.5 Å². The Labute approximate surface area is 247 Å². The number of aromatic hydroxyl groups is 1. The number of methoxy groups -OCH3 is 1. The number of hydrogen-bond donors (Lipinski definition) is 2. The second-order valence-corrected chi connectivity index (χ2v) is 11.7. The predicted molar refractivity (Wildman–Crippen MR) is 155 cm³/mol. The highest BCUT2D eigenvalue weighted by molar-refractivity contribution is 6.31. The van der Waals surface area contributed by atoms with Crippen molar-refractivity contribution in [1.29, 1.82) is 0 Å². The fraction of sp³-hybridized carbons (Fsp3) is 0.257. The number of allylic oxidation sites excluding steroid dienone is 4. The summed E-state index contributed by atoms with van der Waals surface area (Å²) in [5.74, 6) is -5.90. The summed E-state index contributed by atoms with van der Waals surface area (Å²) in [7, 11) is 1.47. The monoisotopic (exact) mass is 575 g/mol. The number of benzene rings is 3. The van der Waals surface area contributed by atoms with Crippen LogP contribution in [0.3, 0.4) is 0 Å². The van der Waals surface area contributed by atoms with Gasteiger partial charge < -0.3 is 9.84 Å². The molecule has 43 heavy (non-hydrogen) atoms. The molecule has 3 aliphatic carbocycles. The average Bonchev–Trinajstić information content (AvgIpc) is 3.26. The molecule has 6 unspecified atom stereocenters. The lowest BCUT2D eigenvalue weighted by molar-refractivity contribution is -0.173. The molecular formula is C35H29NO7. The molecule has 0 aromatic heterocycles. The molecule has 8 nitrogen and oxygen atoms in total. The number of hydrogen-bond acceptors (Lipinski definition) is 7. The first kappa shape index (κ1) is 27.0. The molecule has 0 bridgehead atoms. The van der Waals surface area contributed by atoms with Crippen molar-refractivity contribution in [2.24, 2.45) is 23.7 Å². The van der Waals surface area contributed by atoms with Crippen molar-refractivity contribution in [1.82, 2.24) is 5.06 Å². The van der Waals surface area contributed by atoms with Crippen LogP contribution in [-0.2, 0) is 24.6 Å². The zero-order valence-electron chi connectivity index (χ0n) is 23.3. The molecule has 3 aromatic rings. The van der Waals surface area contributed by atoms with Gasteiger partial charge in [0.2, 0.25) is 0 Å². The Morgan fingerprint density at radius 2 is 1.56 bits per heavy atom. The number of ether oxygens (including phenoxy) is 1. The standard InChI is InChI=1S/C35H29NO7/c1-43-27-14-8-13-26(37)30(27)31-21-15-16-22-29(34(41)36(42)33(22)40)24(21)17-25-32(39)23(19-9-4-2-5-10-19)18-28(38)35(25,31)20-11-6-3-7-12-20/h2-15,18,22,24-25,29,31,37,42H,16-17H2,1H3. The lowest BCUT2D eigenvalue weighted by Gasteiger charge is -2.55. The van der Waals surface area contributed by atoms with Crippen LogP contribution in [0.25, 0.3) is 5.57 Å². The number of hydroxylamine groups is 2. The molecule has 216 valence electrons. The first-order chi connectivity index (χ1) is 20.8. The number of ketones is 2. The van der Waals surface area contributed by atoms with E-state index in [1.165, 1.54) is 19.3 Å². The van der Waals surface area contributed by atoms with Crippen molar-refractivity contribution in [3.05, 3.63) is 113 Å². The van der Waals surface area contributed by atoms with E-state index >= 15 is 0 Å². The molecule has 1 saturated carbocycles. The predicted octanol–water partition coefficient (Wildman–Crippen LogP) is 4.61. The number of nitrogens with zero attached hydrogens (tertiary/aromatic N) is 1. The van der Waals surface area contributed by atoms with Crippen LogP contribution in [0.5, 0.6) is 11.5 Å². The third-order valence-electron chi connectivity index (χ3n) is 9.90. The van der Waals surface area contributed by atoms with E-state index in [9.17, 15) is 29.5 Å². The molecule has 2 N–H and O–H groups in total. The molecule has 1 heterocycles. The largest absolute Gasteiger partial charge is 0.508 e. The van der Waals surface area contributed by atoms with Crippen LogP contribution in [0.15, 0.2) is 96.6 Å². The summed E-state index contributed by atoms with van der Waals surface area (Å²) in [6, 6.07) is 23.0. The highest BCUT2D eigenvalue weighted by atomic mass is 16.5. The smallest absolute Gasteiger partial charge is 0.257 e. The van der Waals surface area contributed by atoms with Crippen LogP contribution in [0.2, 0.25) is 0 Å². The lowest BCUT2D eigenvalue weighted by Crippen LogP contribution is -2.58. The highest BCUT2D eigenvalue weighted by Crippen LogP contribution is 2.65. The molecule has 2 fully saturated rings. The Morgan fingerprint density at radius 1 is 0.860 bits per heavy atom. The number of Topliss-reactive ketones (excluding diaryl/α,β-unsaturated/α-hetero) is 1. The van der Waals surface area contributed by atoms with Crippen LogP contribution < -0.4 is 4.74 Å². The fourth-order valence-electron chi connectivity index (χ4n) is 8.17. The lowest BCUT2D eigenvalue weighted by atomic mass is 9.44. The van der Waals surface area contributed by atoms with E-state index in [4.69, 9.17) is 4.74 Å². The van der Waals surface area contributed by atoms with Gasteiger partial charge in [0.15, 0.2) is 11.6 Å². The second kappa shape index (κ2) is 9.88. The van der Waals surface area contributed by atoms with Gasteiger partial charge in [0.05, 0.1) is 24.4 Å². The molecule has 3 aromatic carbocycles. The van der Waals surface area contributed by atoms with Gasteiger partial charge in [0.1, 0.15) is 11.5 Å². The maximum atomic E-state index is 14.9. The Kier molecular flexibility index (Phi) is 6.21. The SMILES string of the molecule is COc1cccc(O)c1C1C2=CCC3C(=O)N(O)C(=O)C3C2CC2C(=O)C(c3ccccc3)=CC(=O)C21c1ccccc1. The third-order valence-corrected chi connectivity index (χ3v) is 9.90. The molecule has 6 atom stereocenters. The molecule has 8 heteroatoms. The zero-order valence-corrected chi connectivity index (χ0v) is 23.3. The molecule has 1 aliphatic heterocycles. The summed E-state index contributed by atoms with van der Waals surface area (Å²) in [6.45, 7) is 0. The van der Waals surface area contributed by atoms with Crippen LogP contribution in [0.4, 0.5) is 0 Å². The number of phenolic OH excluding ortho intramolecular Hbond substituents is 1. The van der Waals surface area contributed by atoms with Gasteiger partial charge in [0, 0.05) is 23.0 Å².